The molecule has 0 heterocycles. The van der Waals surface area contributed by atoms with Gasteiger partial charge in [0.25, 0.3) is 0 Å². The van der Waals surface area contributed by atoms with E-state index in [9.17, 15) is 14.7 Å². The molecule has 112 valence electrons. The Morgan fingerprint density at radius 1 is 1.05 bits per heavy atom. The maximum Gasteiger partial charge on any atom is 0.323 e. The van der Waals surface area contributed by atoms with Crippen molar-refractivity contribution in [2.24, 2.45) is 5.41 Å². The van der Waals surface area contributed by atoms with Gasteiger partial charge in [-0.1, -0.05) is 32.6 Å². The maximum absolute atomic E-state index is 12.0. The summed E-state index contributed by atoms with van der Waals surface area (Å²) in [7, 11) is 0. The second kappa shape index (κ2) is 9.78. The fourth-order valence-electron chi connectivity index (χ4n) is 2.22. The minimum atomic E-state index is -1.40. The Balaban J connectivity index is 4.63. The molecule has 5 nitrogen and oxygen atoms in total. The number of carbonyl (C=O) groups excluding carboxylic acids is 1. The van der Waals surface area contributed by atoms with Gasteiger partial charge in [0.05, 0.1) is 6.61 Å². The van der Waals surface area contributed by atoms with Gasteiger partial charge >= 0.3 is 11.9 Å². The van der Waals surface area contributed by atoms with Crippen LogP contribution in [0.15, 0.2) is 0 Å². The van der Waals surface area contributed by atoms with Gasteiger partial charge in [-0.2, -0.15) is 0 Å². The first-order valence-corrected chi connectivity index (χ1v) is 7.06. The van der Waals surface area contributed by atoms with Crippen molar-refractivity contribution in [3.63, 3.8) is 0 Å². The van der Waals surface area contributed by atoms with Gasteiger partial charge in [0.1, 0.15) is 0 Å². The van der Waals surface area contributed by atoms with Gasteiger partial charge in [-0.25, -0.2) is 0 Å². The monoisotopic (exact) mass is 274 g/mol. The van der Waals surface area contributed by atoms with Crippen molar-refractivity contribution in [3.05, 3.63) is 0 Å². The van der Waals surface area contributed by atoms with Crippen molar-refractivity contribution >= 4 is 11.9 Å². The number of hydrogen-bond donors (Lipinski definition) is 2. The van der Waals surface area contributed by atoms with Crippen molar-refractivity contribution in [3.8, 4) is 0 Å². The molecule has 19 heavy (non-hydrogen) atoms. The standard InChI is InChI=1S/C14H26O5/c1-3-9-14(12(16)17,13(18)19-4-2)10-7-5-6-8-11-15/h15H,3-11H2,1-2H3,(H,16,17). The number of ether oxygens (including phenoxy) is 1. The van der Waals surface area contributed by atoms with Gasteiger partial charge < -0.3 is 14.9 Å². The first-order valence-electron chi connectivity index (χ1n) is 7.06. The molecule has 0 amide bonds. The Kier molecular flexibility index (Phi) is 9.21. The lowest BCUT2D eigenvalue weighted by Gasteiger charge is -2.26. The van der Waals surface area contributed by atoms with Crippen molar-refractivity contribution in [1.29, 1.82) is 0 Å². The number of aliphatic carboxylic acids is 1. The van der Waals surface area contributed by atoms with Gasteiger partial charge in [-0.15, -0.1) is 0 Å². The molecule has 2 N–H and O–H groups in total. The molecule has 0 bridgehead atoms. The third kappa shape index (κ3) is 5.59. The predicted molar refractivity (Wildman–Crippen MR) is 71.8 cm³/mol. The molecule has 0 fully saturated rings. The average molecular weight is 274 g/mol. The quantitative estimate of drug-likeness (QED) is 0.343. The molecule has 0 aromatic rings. The van der Waals surface area contributed by atoms with E-state index in [1.807, 2.05) is 6.92 Å². The van der Waals surface area contributed by atoms with Crippen LogP contribution in [0.4, 0.5) is 0 Å². The van der Waals surface area contributed by atoms with E-state index in [0.717, 1.165) is 12.8 Å². The summed E-state index contributed by atoms with van der Waals surface area (Å²) in [5, 5.41) is 18.1. The van der Waals surface area contributed by atoms with Crippen molar-refractivity contribution in [2.75, 3.05) is 13.2 Å². The number of carboxylic acids is 1. The highest BCUT2D eigenvalue weighted by Crippen LogP contribution is 2.33. The minimum absolute atomic E-state index is 0.150. The number of rotatable bonds is 11. The Bertz CT molecular complexity index is 277. The first-order chi connectivity index (χ1) is 9.05. The number of carbonyl (C=O) groups is 2. The molecular formula is C14H26O5. The van der Waals surface area contributed by atoms with Crippen LogP contribution in [0.3, 0.4) is 0 Å². The smallest absolute Gasteiger partial charge is 0.323 e. The van der Waals surface area contributed by atoms with E-state index >= 15 is 0 Å². The first kappa shape index (κ1) is 17.9. The summed E-state index contributed by atoms with van der Waals surface area (Å²) in [6, 6.07) is 0. The van der Waals surface area contributed by atoms with E-state index in [2.05, 4.69) is 0 Å². The molecule has 1 atom stereocenters. The Labute approximate surface area is 115 Å². The fourth-order valence-corrected chi connectivity index (χ4v) is 2.22. The summed E-state index contributed by atoms with van der Waals surface area (Å²) >= 11 is 0. The number of carboxylic acid groups (broad SMARTS) is 1. The van der Waals surface area contributed by atoms with Gasteiger partial charge in [0.15, 0.2) is 5.41 Å². The number of esters is 1. The SMILES string of the molecule is CCCC(CCCCCCO)(C(=O)O)C(=O)OCC. The molecule has 0 aliphatic heterocycles. The normalized spacial score (nSPS) is 13.8. The Hall–Kier alpha value is -1.10. The van der Waals surface area contributed by atoms with Crippen LogP contribution in [0.1, 0.15) is 58.8 Å². The van der Waals surface area contributed by atoms with Gasteiger partial charge in [-0.05, 0) is 26.2 Å². The average Bonchev–Trinajstić information content (AvgIpc) is 2.37. The zero-order valence-corrected chi connectivity index (χ0v) is 12.0. The Morgan fingerprint density at radius 3 is 2.16 bits per heavy atom. The lowest BCUT2D eigenvalue weighted by Crippen LogP contribution is -2.40. The number of aliphatic hydroxyl groups excluding tert-OH is 1. The minimum Gasteiger partial charge on any atom is -0.480 e. The fraction of sp³-hybridized carbons (Fsp3) is 0.857. The molecule has 5 heteroatoms. The predicted octanol–water partition coefficient (Wildman–Crippen LogP) is 2.36. The summed E-state index contributed by atoms with van der Waals surface area (Å²) in [6.07, 6.45) is 4.28. The molecule has 1 unspecified atom stereocenters. The second-order valence-corrected chi connectivity index (χ2v) is 4.75. The maximum atomic E-state index is 12.0. The summed E-state index contributed by atoms with van der Waals surface area (Å²) in [6.45, 7) is 3.89. The van der Waals surface area contributed by atoms with E-state index in [4.69, 9.17) is 9.84 Å². The van der Waals surface area contributed by atoms with Crippen LogP contribution in [0.2, 0.25) is 0 Å². The van der Waals surface area contributed by atoms with Gasteiger partial charge in [0.2, 0.25) is 0 Å². The molecule has 0 spiro atoms. The highest BCUT2D eigenvalue weighted by molar-refractivity contribution is 5.99. The van der Waals surface area contributed by atoms with Crippen LogP contribution in [0, 0.1) is 5.41 Å². The van der Waals surface area contributed by atoms with Crippen LogP contribution >= 0.6 is 0 Å². The summed E-state index contributed by atoms with van der Waals surface area (Å²) < 4.78 is 4.94. The van der Waals surface area contributed by atoms with Gasteiger partial charge in [0, 0.05) is 6.61 Å². The molecule has 0 saturated carbocycles. The van der Waals surface area contributed by atoms with Crippen LogP contribution < -0.4 is 0 Å². The Morgan fingerprint density at radius 2 is 1.68 bits per heavy atom. The van der Waals surface area contributed by atoms with Crippen molar-refractivity contribution in [2.45, 2.75) is 58.8 Å². The van der Waals surface area contributed by atoms with E-state index < -0.39 is 17.4 Å². The topological polar surface area (TPSA) is 83.8 Å². The highest BCUT2D eigenvalue weighted by Gasteiger charge is 2.46. The molecule has 0 aromatic heterocycles. The molecule has 0 radical (unpaired) electrons. The lowest BCUT2D eigenvalue weighted by molar-refractivity contribution is -0.170. The number of aliphatic hydroxyl groups is 1. The molecule has 0 aliphatic rings. The third-order valence-corrected chi connectivity index (χ3v) is 3.26. The third-order valence-electron chi connectivity index (χ3n) is 3.26. The largest absolute Gasteiger partial charge is 0.480 e. The molecule has 0 aromatic carbocycles. The number of hydrogen-bond acceptors (Lipinski definition) is 4. The lowest BCUT2D eigenvalue weighted by atomic mass is 9.78. The van der Waals surface area contributed by atoms with Crippen LogP contribution in [0.25, 0.3) is 0 Å². The molecule has 0 rings (SSSR count). The summed E-state index contributed by atoms with van der Waals surface area (Å²) in [5.41, 5.74) is -1.40. The molecule has 0 saturated heterocycles. The molecular weight excluding hydrogens is 248 g/mol. The zero-order chi connectivity index (χ0) is 14.7. The molecule has 0 aliphatic carbocycles. The van der Waals surface area contributed by atoms with E-state index in [-0.39, 0.29) is 13.2 Å². The van der Waals surface area contributed by atoms with Crippen molar-refractivity contribution < 1.29 is 24.5 Å². The van der Waals surface area contributed by atoms with Crippen LogP contribution in [0.5, 0.6) is 0 Å². The van der Waals surface area contributed by atoms with E-state index in [0.29, 0.717) is 32.1 Å². The highest BCUT2D eigenvalue weighted by atomic mass is 16.5. The van der Waals surface area contributed by atoms with Crippen LogP contribution in [-0.2, 0) is 14.3 Å². The zero-order valence-electron chi connectivity index (χ0n) is 12.0. The number of unbranched alkanes of at least 4 members (excludes halogenated alkanes) is 3. The van der Waals surface area contributed by atoms with Gasteiger partial charge in [-0.3, -0.25) is 9.59 Å². The summed E-state index contributed by atoms with van der Waals surface area (Å²) in [4.78, 5) is 23.5. The van der Waals surface area contributed by atoms with Crippen molar-refractivity contribution in [1.82, 2.24) is 0 Å². The summed E-state index contributed by atoms with van der Waals surface area (Å²) in [5.74, 6) is -1.71. The van der Waals surface area contributed by atoms with E-state index in [1.165, 1.54) is 0 Å². The van der Waals surface area contributed by atoms with E-state index in [1.54, 1.807) is 6.92 Å². The van der Waals surface area contributed by atoms with Crippen LogP contribution in [-0.4, -0.2) is 35.4 Å². The second-order valence-electron chi connectivity index (χ2n) is 4.75.